The molecule has 0 aromatic carbocycles. The fourth-order valence-corrected chi connectivity index (χ4v) is 0. The van der Waals surface area contributed by atoms with E-state index in [1.807, 2.05) is 6.92 Å². The number of rotatable bonds is 1. The first-order chi connectivity index (χ1) is 2.64. The molecule has 2 heteroatoms. The molecule has 6 heavy (non-hydrogen) atoms. The molecule has 0 aromatic heterocycles. The van der Waals surface area contributed by atoms with Crippen LogP contribution in [0.3, 0.4) is 0 Å². The lowest BCUT2D eigenvalue weighted by Crippen LogP contribution is -2.36. The van der Waals surface area contributed by atoms with E-state index in [1.54, 1.807) is 0 Å². The van der Waals surface area contributed by atoms with E-state index in [-0.39, 0.29) is 12.1 Å². The highest BCUT2D eigenvalue weighted by molar-refractivity contribution is 4.71. The molecular formula is C4H11N2. The predicted molar refractivity (Wildman–Crippen MR) is 27.0 cm³/mol. The van der Waals surface area contributed by atoms with Crippen LogP contribution in [0.4, 0.5) is 0 Å². The summed E-state index contributed by atoms with van der Waals surface area (Å²) in [6.45, 7) is 5.32. The van der Waals surface area contributed by atoms with Crippen LogP contribution in [-0.2, 0) is 0 Å². The Kier molecular flexibility index (Phi) is 2.13. The van der Waals surface area contributed by atoms with Crippen LogP contribution >= 0.6 is 0 Å². The van der Waals surface area contributed by atoms with E-state index >= 15 is 0 Å². The third kappa shape index (κ3) is 2.18. The average molecular weight is 87.1 g/mol. The van der Waals surface area contributed by atoms with E-state index in [0.717, 1.165) is 0 Å². The maximum Gasteiger partial charge on any atom is 0.0190 e. The van der Waals surface area contributed by atoms with Gasteiger partial charge in [-0.25, -0.2) is 0 Å². The SMILES string of the molecule is [CH2]C(N)C(C)N. The van der Waals surface area contributed by atoms with Gasteiger partial charge in [-0.05, 0) is 13.8 Å². The summed E-state index contributed by atoms with van der Waals surface area (Å²) >= 11 is 0. The second-order valence-electron chi connectivity index (χ2n) is 1.52. The Bertz CT molecular complexity index is 26.5. The molecule has 0 saturated heterocycles. The van der Waals surface area contributed by atoms with Crippen molar-refractivity contribution in [1.29, 1.82) is 0 Å². The molecule has 0 fully saturated rings. The first kappa shape index (κ1) is 5.92. The summed E-state index contributed by atoms with van der Waals surface area (Å²) in [5, 5.41) is 0. The summed E-state index contributed by atoms with van der Waals surface area (Å²) in [4.78, 5) is 0. The summed E-state index contributed by atoms with van der Waals surface area (Å²) in [7, 11) is 0. The minimum Gasteiger partial charge on any atom is -0.327 e. The summed E-state index contributed by atoms with van der Waals surface area (Å²) in [5.41, 5.74) is 10.4. The number of hydrogen-bond donors (Lipinski definition) is 2. The zero-order valence-corrected chi connectivity index (χ0v) is 4.02. The van der Waals surface area contributed by atoms with Gasteiger partial charge in [0.15, 0.2) is 0 Å². The Morgan fingerprint density at radius 2 is 1.67 bits per heavy atom. The molecule has 0 aliphatic carbocycles. The molecule has 2 atom stereocenters. The zero-order valence-electron chi connectivity index (χ0n) is 4.02. The van der Waals surface area contributed by atoms with Crippen LogP contribution in [0, 0.1) is 6.92 Å². The van der Waals surface area contributed by atoms with Crippen molar-refractivity contribution in [1.82, 2.24) is 0 Å². The molecule has 2 nitrogen and oxygen atoms in total. The van der Waals surface area contributed by atoms with Gasteiger partial charge in [0, 0.05) is 12.1 Å². The van der Waals surface area contributed by atoms with E-state index in [2.05, 4.69) is 6.92 Å². The quantitative estimate of drug-likeness (QED) is 0.453. The molecule has 0 aromatic rings. The van der Waals surface area contributed by atoms with Crippen LogP contribution in [-0.4, -0.2) is 12.1 Å². The van der Waals surface area contributed by atoms with Crippen LogP contribution in [0.15, 0.2) is 0 Å². The van der Waals surface area contributed by atoms with E-state index < -0.39 is 0 Å². The Balaban J connectivity index is 2.99. The third-order valence-corrected chi connectivity index (χ3v) is 0.675. The van der Waals surface area contributed by atoms with E-state index in [4.69, 9.17) is 11.5 Å². The number of nitrogens with two attached hydrogens (primary N) is 2. The van der Waals surface area contributed by atoms with Gasteiger partial charge in [-0.3, -0.25) is 0 Å². The molecule has 2 unspecified atom stereocenters. The van der Waals surface area contributed by atoms with Crippen LogP contribution in [0.1, 0.15) is 6.92 Å². The van der Waals surface area contributed by atoms with Gasteiger partial charge in [-0.2, -0.15) is 0 Å². The molecule has 0 spiro atoms. The fraction of sp³-hybridized carbons (Fsp3) is 0.750. The van der Waals surface area contributed by atoms with Crippen LogP contribution in [0.5, 0.6) is 0 Å². The largest absolute Gasteiger partial charge is 0.327 e. The minimum absolute atomic E-state index is 0.0185. The van der Waals surface area contributed by atoms with Crippen molar-refractivity contribution in [3.8, 4) is 0 Å². The van der Waals surface area contributed by atoms with Gasteiger partial charge in [0.05, 0.1) is 0 Å². The second-order valence-corrected chi connectivity index (χ2v) is 1.52. The molecule has 4 N–H and O–H groups in total. The maximum atomic E-state index is 5.25. The van der Waals surface area contributed by atoms with Crippen molar-refractivity contribution in [2.45, 2.75) is 19.0 Å². The van der Waals surface area contributed by atoms with E-state index in [9.17, 15) is 0 Å². The second kappa shape index (κ2) is 2.16. The molecule has 0 saturated carbocycles. The van der Waals surface area contributed by atoms with E-state index in [1.165, 1.54) is 0 Å². The highest BCUT2D eigenvalue weighted by atomic mass is 14.7. The van der Waals surface area contributed by atoms with Crippen LogP contribution in [0.25, 0.3) is 0 Å². The van der Waals surface area contributed by atoms with Crippen LogP contribution in [0.2, 0.25) is 0 Å². The Morgan fingerprint density at radius 3 is 1.67 bits per heavy atom. The Hall–Kier alpha value is -0.0800. The Morgan fingerprint density at radius 1 is 1.50 bits per heavy atom. The highest BCUT2D eigenvalue weighted by Crippen LogP contribution is 1.76. The van der Waals surface area contributed by atoms with Crippen LogP contribution < -0.4 is 11.5 Å². The summed E-state index contributed by atoms with van der Waals surface area (Å²) in [6, 6.07) is -0.102. The van der Waals surface area contributed by atoms with E-state index in [0.29, 0.717) is 0 Å². The van der Waals surface area contributed by atoms with Gasteiger partial charge in [0.25, 0.3) is 0 Å². The molecule has 1 radical (unpaired) electrons. The predicted octanol–water partition coefficient (Wildman–Crippen LogP) is -0.505. The van der Waals surface area contributed by atoms with Crippen molar-refractivity contribution in [2.24, 2.45) is 11.5 Å². The molecule has 37 valence electrons. The lowest BCUT2D eigenvalue weighted by atomic mass is 10.2. The first-order valence-corrected chi connectivity index (χ1v) is 1.99. The first-order valence-electron chi connectivity index (χ1n) is 1.99. The summed E-state index contributed by atoms with van der Waals surface area (Å²) < 4.78 is 0. The topological polar surface area (TPSA) is 52.0 Å². The monoisotopic (exact) mass is 87.1 g/mol. The highest BCUT2D eigenvalue weighted by Gasteiger charge is 1.96. The molecule has 0 aliphatic heterocycles. The fourth-order valence-electron chi connectivity index (χ4n) is 0. The molecule has 0 bridgehead atoms. The lowest BCUT2D eigenvalue weighted by Gasteiger charge is -2.06. The summed E-state index contributed by atoms with van der Waals surface area (Å²) in [6.07, 6.45) is 0. The van der Waals surface area contributed by atoms with Gasteiger partial charge in [0.2, 0.25) is 0 Å². The molecular weight excluding hydrogens is 76.1 g/mol. The molecule has 0 aliphatic rings. The van der Waals surface area contributed by atoms with Crippen molar-refractivity contribution < 1.29 is 0 Å². The van der Waals surface area contributed by atoms with Crippen molar-refractivity contribution in [3.05, 3.63) is 6.92 Å². The van der Waals surface area contributed by atoms with Gasteiger partial charge in [0.1, 0.15) is 0 Å². The zero-order chi connectivity index (χ0) is 5.15. The Labute approximate surface area is 38.5 Å². The maximum absolute atomic E-state index is 5.25. The lowest BCUT2D eigenvalue weighted by molar-refractivity contribution is 0.648. The summed E-state index contributed by atoms with van der Waals surface area (Å²) in [5.74, 6) is 0. The van der Waals surface area contributed by atoms with Gasteiger partial charge < -0.3 is 11.5 Å². The molecule has 0 amide bonds. The average Bonchev–Trinajstić information content (AvgIpc) is 1.36. The van der Waals surface area contributed by atoms with Crippen molar-refractivity contribution >= 4 is 0 Å². The van der Waals surface area contributed by atoms with Gasteiger partial charge >= 0.3 is 0 Å². The van der Waals surface area contributed by atoms with Gasteiger partial charge in [-0.1, -0.05) is 0 Å². The van der Waals surface area contributed by atoms with Crippen molar-refractivity contribution in [2.75, 3.05) is 0 Å². The third-order valence-electron chi connectivity index (χ3n) is 0.675. The van der Waals surface area contributed by atoms with Gasteiger partial charge in [-0.15, -0.1) is 0 Å². The normalized spacial score (nSPS) is 20.0. The smallest absolute Gasteiger partial charge is 0.0190 e. The molecule has 0 rings (SSSR count). The van der Waals surface area contributed by atoms with Crippen molar-refractivity contribution in [3.63, 3.8) is 0 Å². The standard InChI is InChI=1S/C4H11N2/c1-3(5)4(2)6/h3-4H,1,5-6H2,2H3. The molecule has 0 heterocycles. The number of hydrogen-bond acceptors (Lipinski definition) is 2. The minimum atomic E-state index is -0.120.